The van der Waals surface area contributed by atoms with Gasteiger partial charge in [-0.15, -0.1) is 0 Å². The van der Waals surface area contributed by atoms with E-state index < -0.39 is 143 Å². The third-order valence-electron chi connectivity index (χ3n) is 13.7. The normalized spacial score (nSPS) is 14.7. The van der Waals surface area contributed by atoms with Crippen molar-refractivity contribution >= 4 is 101 Å². The molecule has 10 amide bonds. The number of nitrogens with one attached hydrogen (secondary N) is 13. The number of thioether (sulfide) groups is 1. The minimum Gasteiger partial charge on any atom is -0.508 e. The largest absolute Gasteiger partial charge is 0.508 e. The molecule has 0 aliphatic heterocycles. The van der Waals surface area contributed by atoms with Gasteiger partial charge in [-0.1, -0.05) is 56.3 Å². The zero-order valence-electron chi connectivity index (χ0n) is 51.4. The van der Waals surface area contributed by atoms with Gasteiger partial charge < -0.3 is 97.4 Å². The van der Waals surface area contributed by atoms with E-state index in [9.17, 15) is 63.0 Å². The first-order valence-corrected chi connectivity index (χ1v) is 31.2. The van der Waals surface area contributed by atoms with E-state index in [1.807, 2.05) is 13.8 Å². The number of carbonyl (C=O) groups excluding carboxylic acids is 10. The molecule has 0 unspecified atom stereocenters. The molecule has 11 atom stereocenters. The number of amides is 10. The lowest BCUT2D eigenvalue weighted by Crippen LogP contribution is -2.60. The number of carboxylic acid groups (broad SMARTS) is 1. The highest BCUT2D eigenvalue weighted by molar-refractivity contribution is 7.98. The summed E-state index contributed by atoms with van der Waals surface area (Å²) < 4.78 is 0. The molecule has 500 valence electrons. The van der Waals surface area contributed by atoms with E-state index in [-0.39, 0.29) is 82.2 Å². The van der Waals surface area contributed by atoms with Gasteiger partial charge in [-0.2, -0.15) is 24.4 Å². The Hall–Kier alpha value is -8.43. The average Bonchev–Trinajstić information content (AvgIpc) is 1.61. The maximum Gasteiger partial charge on any atom is 0.326 e. The third-order valence-corrected chi connectivity index (χ3v) is 14.9. The van der Waals surface area contributed by atoms with E-state index >= 15 is 0 Å². The summed E-state index contributed by atoms with van der Waals surface area (Å²) >= 11 is 6.08. The van der Waals surface area contributed by atoms with Crippen LogP contribution in [0.5, 0.6) is 5.75 Å². The SMILES string of the molecule is CSCC[C@H](NC(=O)[C@@H](C)NC(=O)[C@H](CCCNC(=N)N)NC(=O)[C@@H](Cc1ccc(O)cc1)NC(=O)[C@@H](N)CC(C)C)C(=O)N[C@H](C(=O)N[C@H](CCCNC(=N)N)C(=O)N[C@@H](C)C(=O)N[C@H](CC(N)=O)C(=O)N[C@@H](CCCCN)C(=O)O)[C@H](S)c1ccccc1. The number of benzene rings is 2. The first-order valence-electron chi connectivity index (χ1n) is 29.3. The number of carboxylic acids is 1. The molecule has 0 aliphatic carbocycles. The molecule has 0 heterocycles. The van der Waals surface area contributed by atoms with Gasteiger partial charge in [0.15, 0.2) is 11.9 Å². The number of primary amides is 1. The smallest absolute Gasteiger partial charge is 0.326 e. The van der Waals surface area contributed by atoms with Gasteiger partial charge in [-0.05, 0) is 119 Å². The molecule has 90 heavy (non-hydrogen) atoms. The van der Waals surface area contributed by atoms with Crippen molar-refractivity contribution in [3.05, 3.63) is 65.7 Å². The maximum absolute atomic E-state index is 14.7. The maximum atomic E-state index is 14.7. The Bertz CT molecular complexity index is 2730. The molecule has 0 saturated carbocycles. The van der Waals surface area contributed by atoms with Gasteiger partial charge in [-0.25, -0.2) is 4.79 Å². The summed E-state index contributed by atoms with van der Waals surface area (Å²) in [5.74, 6) is -10.8. The van der Waals surface area contributed by atoms with Crippen LogP contribution in [0.1, 0.15) is 108 Å². The number of aliphatic carboxylic acids is 1. The number of phenolic OH excluding ortho intramolecular Hbond substituents is 1. The highest BCUT2D eigenvalue weighted by atomic mass is 32.2. The summed E-state index contributed by atoms with van der Waals surface area (Å²) in [7, 11) is 0. The number of rotatable bonds is 42. The van der Waals surface area contributed by atoms with Crippen molar-refractivity contribution in [1.29, 1.82) is 10.8 Å². The highest BCUT2D eigenvalue weighted by Gasteiger charge is 2.37. The molecule has 33 heteroatoms. The molecular formula is C57H92N18O13S2. The van der Waals surface area contributed by atoms with Gasteiger partial charge in [0.25, 0.3) is 0 Å². The number of guanidine groups is 2. The van der Waals surface area contributed by atoms with Crippen LogP contribution in [-0.4, -0.2) is 179 Å². The topological polar surface area (TPSA) is 538 Å². The number of thiol groups is 1. The van der Waals surface area contributed by atoms with Gasteiger partial charge in [0.1, 0.15) is 60.1 Å². The Labute approximate surface area is 533 Å². The molecule has 0 radical (unpaired) electrons. The Morgan fingerprint density at radius 3 is 1.48 bits per heavy atom. The summed E-state index contributed by atoms with van der Waals surface area (Å²) in [6, 6.07) is 0.165. The zero-order chi connectivity index (χ0) is 67.6. The summed E-state index contributed by atoms with van der Waals surface area (Å²) in [5, 5.41) is 61.8. The van der Waals surface area contributed by atoms with Crippen molar-refractivity contribution < 1.29 is 63.0 Å². The Balaban J connectivity index is 2.48. The van der Waals surface area contributed by atoms with Crippen molar-refractivity contribution in [1.82, 2.24) is 58.5 Å². The van der Waals surface area contributed by atoms with Crippen LogP contribution in [0.25, 0.3) is 0 Å². The molecule has 0 fully saturated rings. The van der Waals surface area contributed by atoms with Crippen molar-refractivity contribution in [2.45, 2.75) is 164 Å². The number of carbonyl (C=O) groups is 11. The van der Waals surface area contributed by atoms with E-state index in [1.165, 1.54) is 37.7 Å². The number of phenols is 1. The number of nitrogens with two attached hydrogens (primary N) is 5. The lowest BCUT2D eigenvalue weighted by Gasteiger charge is -2.29. The highest BCUT2D eigenvalue weighted by Crippen LogP contribution is 2.25. The summed E-state index contributed by atoms with van der Waals surface area (Å²) in [6.07, 6.45) is 2.02. The van der Waals surface area contributed by atoms with Crippen LogP contribution in [-0.2, 0) is 59.2 Å². The summed E-state index contributed by atoms with van der Waals surface area (Å²) in [4.78, 5) is 150. The van der Waals surface area contributed by atoms with Crippen LogP contribution in [0, 0.1) is 16.7 Å². The monoisotopic (exact) mass is 1300 g/mol. The van der Waals surface area contributed by atoms with Crippen LogP contribution in [0.4, 0.5) is 0 Å². The molecule has 25 N–H and O–H groups in total. The average molecular weight is 1300 g/mol. The van der Waals surface area contributed by atoms with Crippen LogP contribution in [0.2, 0.25) is 0 Å². The first-order chi connectivity index (χ1) is 42.5. The lowest BCUT2D eigenvalue weighted by molar-refractivity contribution is -0.142. The fraction of sp³-hybridized carbons (Fsp3) is 0.561. The first kappa shape index (κ1) is 77.7. The summed E-state index contributed by atoms with van der Waals surface area (Å²) in [6.45, 7) is 6.72. The molecule has 31 nitrogen and oxygen atoms in total. The quantitative estimate of drug-likeness (QED) is 0.0134. The molecule has 0 bridgehead atoms. The van der Waals surface area contributed by atoms with E-state index in [1.54, 1.807) is 48.7 Å². The van der Waals surface area contributed by atoms with E-state index in [2.05, 4.69) is 58.5 Å². The van der Waals surface area contributed by atoms with E-state index in [4.69, 9.17) is 52.1 Å². The third kappa shape index (κ3) is 29.7. The number of unbranched alkanes of at least 4 members (excludes halogenated alkanes) is 1. The molecule has 2 rings (SSSR count). The van der Waals surface area contributed by atoms with E-state index in [0.29, 0.717) is 36.1 Å². The number of aromatic hydroxyl groups is 1. The molecule has 2 aromatic carbocycles. The summed E-state index contributed by atoms with van der Waals surface area (Å²) in [5.41, 5.74) is 29.0. The number of hydrogen-bond acceptors (Lipinski definition) is 18. The van der Waals surface area contributed by atoms with Crippen LogP contribution >= 0.6 is 24.4 Å². The predicted molar refractivity (Wildman–Crippen MR) is 342 cm³/mol. The van der Waals surface area contributed by atoms with Crippen LogP contribution < -0.4 is 87.2 Å². The second-order valence-corrected chi connectivity index (χ2v) is 23.4. The Morgan fingerprint density at radius 1 is 0.544 bits per heavy atom. The van der Waals surface area contributed by atoms with Gasteiger partial charge in [0.05, 0.1) is 17.7 Å². The van der Waals surface area contributed by atoms with Crippen LogP contribution in [0.15, 0.2) is 54.6 Å². The lowest BCUT2D eigenvalue weighted by atomic mass is 10.0. The standard InChI is InChI=1S/C57H92N18O13S2/c1-30(2)27-36(59)48(80)74-41(28-33-18-20-35(76)21-19-33)52(84)70-37(16-11-24-65-56(61)62)49(81)67-31(3)46(78)69-39(22-26-90-5)51(83)75-44(45(89)34-13-7-6-8-14-34)54(86)71-38(17-12-25-66-57(63)64)50(82)68-32(4)47(79)73-42(29-43(60)77)53(85)72-40(55(87)88)15-9-10-23-58/h6-8,13-14,18-21,30-32,36-42,44-45,76,89H,9-12,15-17,22-29,58-59H2,1-5H3,(H2,60,77)(H,67,81)(H,68,82)(H,69,78)(H,70,84)(H,71,86)(H,72,85)(H,73,79)(H,74,80)(H,75,83)(H,87,88)(H4,61,62,65)(H4,63,64,66)/t31-,32+,36+,37+,38-,39+,40+,41-,42-,44+,45-/m1/s1. The second-order valence-electron chi connectivity index (χ2n) is 21.8. The molecule has 2 aromatic rings. The van der Waals surface area contributed by atoms with E-state index in [0.717, 1.165) is 0 Å². The van der Waals surface area contributed by atoms with Crippen LogP contribution in [0.3, 0.4) is 0 Å². The van der Waals surface area contributed by atoms with Gasteiger partial charge >= 0.3 is 5.97 Å². The van der Waals surface area contributed by atoms with Crippen molar-refractivity contribution in [2.24, 2.45) is 34.6 Å². The second kappa shape index (κ2) is 41.0. The van der Waals surface area contributed by atoms with Gasteiger partial charge in [0.2, 0.25) is 59.1 Å². The Morgan fingerprint density at radius 2 is 0.989 bits per heavy atom. The minimum absolute atomic E-state index is 0.0129. The fourth-order valence-corrected chi connectivity index (χ4v) is 9.63. The zero-order valence-corrected chi connectivity index (χ0v) is 53.1. The minimum atomic E-state index is -1.67. The molecular weight excluding hydrogens is 1210 g/mol. The predicted octanol–water partition coefficient (Wildman–Crippen LogP) is -3.25. The van der Waals surface area contributed by atoms with Crippen molar-refractivity contribution in [3.8, 4) is 5.75 Å². The van der Waals surface area contributed by atoms with Gasteiger partial charge in [0, 0.05) is 19.5 Å². The number of hydrogen-bond donors (Lipinski definition) is 21. The molecule has 0 aliphatic rings. The molecule has 0 aromatic heterocycles. The Kier molecular flexibility index (Phi) is 35.4. The van der Waals surface area contributed by atoms with Crippen molar-refractivity contribution in [3.63, 3.8) is 0 Å². The molecule has 0 saturated heterocycles. The van der Waals surface area contributed by atoms with Gasteiger partial charge in [-0.3, -0.25) is 58.8 Å². The fourth-order valence-electron chi connectivity index (χ4n) is 8.77. The molecule has 0 spiro atoms. The van der Waals surface area contributed by atoms with Crippen molar-refractivity contribution in [2.75, 3.05) is 31.6 Å².